The number of benzene rings is 1. The molecule has 0 aliphatic carbocycles. The smallest absolute Gasteiger partial charge is 0.0304 e. The average molecular weight is 201 g/mol. The minimum Gasteiger partial charge on any atom is -0.324 e. The summed E-state index contributed by atoms with van der Waals surface area (Å²) in [7, 11) is 0. The number of aryl methyl sites for hydroxylation is 2. The van der Waals surface area contributed by atoms with E-state index in [-0.39, 0.29) is 6.04 Å². The summed E-state index contributed by atoms with van der Waals surface area (Å²) in [6.07, 6.45) is 1.81. The van der Waals surface area contributed by atoms with Gasteiger partial charge in [-0.1, -0.05) is 29.3 Å². The first kappa shape index (κ1) is 11.8. The van der Waals surface area contributed by atoms with Crippen molar-refractivity contribution < 1.29 is 0 Å². The van der Waals surface area contributed by atoms with Crippen LogP contribution in [0.2, 0.25) is 0 Å². The van der Waals surface area contributed by atoms with E-state index in [1.165, 1.54) is 16.7 Å². The van der Waals surface area contributed by atoms with Gasteiger partial charge < -0.3 is 5.73 Å². The summed E-state index contributed by atoms with van der Waals surface area (Å²) < 4.78 is 0. The Morgan fingerprint density at radius 1 is 1.20 bits per heavy atom. The first-order chi connectivity index (χ1) is 7.13. The molecule has 0 radical (unpaired) electrons. The second-order valence-electron chi connectivity index (χ2n) is 3.99. The Morgan fingerprint density at radius 2 is 1.80 bits per heavy atom. The molecular formula is C14H19N. The number of rotatable bonds is 3. The zero-order valence-corrected chi connectivity index (χ0v) is 9.80. The molecule has 0 aliphatic rings. The Hall–Kier alpha value is -1.26. The zero-order valence-electron chi connectivity index (χ0n) is 9.80. The van der Waals surface area contributed by atoms with Gasteiger partial charge >= 0.3 is 0 Å². The van der Waals surface area contributed by atoms with Gasteiger partial charge in [0.1, 0.15) is 0 Å². The fourth-order valence-electron chi connectivity index (χ4n) is 1.74. The molecule has 1 unspecified atom stereocenters. The van der Waals surface area contributed by atoms with Crippen molar-refractivity contribution in [3.8, 4) is 11.8 Å². The fourth-order valence-corrected chi connectivity index (χ4v) is 1.74. The van der Waals surface area contributed by atoms with Crippen molar-refractivity contribution in [2.75, 3.05) is 0 Å². The standard InChI is InChI=1S/C14H19N/c1-4-5-6-7-14(15)13-9-11(2)8-12(3)10-13/h8-10,14H,6-7,15H2,1-3H3. The van der Waals surface area contributed by atoms with E-state index in [0.29, 0.717) is 0 Å². The molecule has 1 aromatic carbocycles. The minimum atomic E-state index is 0.115. The molecule has 0 saturated carbocycles. The minimum absolute atomic E-state index is 0.115. The van der Waals surface area contributed by atoms with Crippen LogP contribution in [-0.4, -0.2) is 0 Å². The van der Waals surface area contributed by atoms with Crippen molar-refractivity contribution in [2.45, 2.75) is 39.7 Å². The van der Waals surface area contributed by atoms with Gasteiger partial charge in [0.25, 0.3) is 0 Å². The highest BCUT2D eigenvalue weighted by Crippen LogP contribution is 2.18. The lowest BCUT2D eigenvalue weighted by Crippen LogP contribution is -2.10. The summed E-state index contributed by atoms with van der Waals surface area (Å²) in [4.78, 5) is 0. The van der Waals surface area contributed by atoms with Gasteiger partial charge in [-0.3, -0.25) is 0 Å². The van der Waals surface area contributed by atoms with Gasteiger partial charge in [-0.25, -0.2) is 0 Å². The van der Waals surface area contributed by atoms with Crippen molar-refractivity contribution in [1.29, 1.82) is 0 Å². The normalized spacial score (nSPS) is 11.7. The fraction of sp³-hybridized carbons (Fsp3) is 0.429. The Labute approximate surface area is 92.7 Å². The van der Waals surface area contributed by atoms with Crippen LogP contribution in [-0.2, 0) is 0 Å². The molecule has 1 atom stereocenters. The predicted molar refractivity (Wildman–Crippen MR) is 65.5 cm³/mol. The summed E-state index contributed by atoms with van der Waals surface area (Å²) in [6, 6.07) is 6.61. The number of nitrogens with two attached hydrogens (primary N) is 1. The topological polar surface area (TPSA) is 26.0 Å². The highest BCUT2D eigenvalue weighted by atomic mass is 14.6. The number of hydrogen-bond acceptors (Lipinski definition) is 1. The molecule has 1 heteroatoms. The first-order valence-corrected chi connectivity index (χ1v) is 5.37. The molecule has 1 aromatic rings. The van der Waals surface area contributed by atoms with Crippen LogP contribution in [0.25, 0.3) is 0 Å². The van der Waals surface area contributed by atoms with E-state index in [1.54, 1.807) is 0 Å². The van der Waals surface area contributed by atoms with Crippen molar-refractivity contribution >= 4 is 0 Å². The molecule has 2 N–H and O–H groups in total. The largest absolute Gasteiger partial charge is 0.324 e. The zero-order chi connectivity index (χ0) is 11.3. The molecule has 0 saturated heterocycles. The van der Waals surface area contributed by atoms with Gasteiger partial charge in [-0.2, -0.15) is 0 Å². The Balaban J connectivity index is 2.71. The predicted octanol–water partition coefficient (Wildman–Crippen LogP) is 3.11. The number of hydrogen-bond donors (Lipinski definition) is 1. The van der Waals surface area contributed by atoms with Gasteiger partial charge in [0.2, 0.25) is 0 Å². The van der Waals surface area contributed by atoms with Gasteiger partial charge in [-0.05, 0) is 32.8 Å². The molecule has 1 rings (SSSR count). The van der Waals surface area contributed by atoms with Crippen LogP contribution in [0.5, 0.6) is 0 Å². The van der Waals surface area contributed by atoms with Crippen LogP contribution in [0.15, 0.2) is 18.2 Å². The second-order valence-corrected chi connectivity index (χ2v) is 3.99. The molecule has 0 bridgehead atoms. The van der Waals surface area contributed by atoms with Crippen LogP contribution in [0, 0.1) is 25.7 Å². The van der Waals surface area contributed by atoms with Crippen LogP contribution in [0.1, 0.15) is 42.5 Å². The van der Waals surface area contributed by atoms with Gasteiger partial charge in [-0.15, -0.1) is 11.8 Å². The Kier molecular flexibility index (Phi) is 4.39. The molecule has 0 aliphatic heterocycles. The molecule has 0 heterocycles. The quantitative estimate of drug-likeness (QED) is 0.747. The monoisotopic (exact) mass is 201 g/mol. The Bertz CT molecular complexity index is 362. The van der Waals surface area contributed by atoms with E-state index in [0.717, 1.165) is 12.8 Å². The first-order valence-electron chi connectivity index (χ1n) is 5.37. The van der Waals surface area contributed by atoms with E-state index in [9.17, 15) is 0 Å². The van der Waals surface area contributed by atoms with E-state index in [1.807, 2.05) is 6.92 Å². The summed E-state index contributed by atoms with van der Waals surface area (Å²) in [5, 5.41) is 0. The van der Waals surface area contributed by atoms with Crippen LogP contribution < -0.4 is 5.73 Å². The van der Waals surface area contributed by atoms with Crippen molar-refractivity contribution in [1.82, 2.24) is 0 Å². The van der Waals surface area contributed by atoms with Crippen molar-refractivity contribution in [3.63, 3.8) is 0 Å². The lowest BCUT2D eigenvalue weighted by molar-refractivity contribution is 0.666. The van der Waals surface area contributed by atoms with Crippen LogP contribution >= 0.6 is 0 Å². The maximum Gasteiger partial charge on any atom is 0.0304 e. The Morgan fingerprint density at radius 3 is 2.33 bits per heavy atom. The lowest BCUT2D eigenvalue weighted by Gasteiger charge is -2.12. The van der Waals surface area contributed by atoms with E-state index >= 15 is 0 Å². The SMILES string of the molecule is CC#CCCC(N)c1cc(C)cc(C)c1. The van der Waals surface area contributed by atoms with E-state index in [4.69, 9.17) is 5.73 Å². The van der Waals surface area contributed by atoms with Gasteiger partial charge in [0.05, 0.1) is 0 Å². The molecule has 1 nitrogen and oxygen atoms in total. The molecule has 0 fully saturated rings. The molecular weight excluding hydrogens is 182 g/mol. The molecule has 15 heavy (non-hydrogen) atoms. The molecule has 0 amide bonds. The van der Waals surface area contributed by atoms with E-state index < -0.39 is 0 Å². The summed E-state index contributed by atoms with van der Waals surface area (Å²) in [5.74, 6) is 5.94. The molecule has 0 spiro atoms. The third kappa shape index (κ3) is 3.77. The maximum atomic E-state index is 6.11. The van der Waals surface area contributed by atoms with Gasteiger partial charge in [0, 0.05) is 12.5 Å². The van der Waals surface area contributed by atoms with E-state index in [2.05, 4.69) is 43.9 Å². The third-order valence-corrected chi connectivity index (χ3v) is 2.43. The molecule has 80 valence electrons. The van der Waals surface area contributed by atoms with Gasteiger partial charge in [0.15, 0.2) is 0 Å². The summed E-state index contributed by atoms with van der Waals surface area (Å²) in [5.41, 5.74) is 9.89. The second kappa shape index (κ2) is 5.58. The third-order valence-electron chi connectivity index (χ3n) is 2.43. The summed E-state index contributed by atoms with van der Waals surface area (Å²) in [6.45, 7) is 6.08. The molecule has 0 aromatic heterocycles. The van der Waals surface area contributed by atoms with Crippen LogP contribution in [0.3, 0.4) is 0 Å². The van der Waals surface area contributed by atoms with Crippen molar-refractivity contribution in [2.24, 2.45) is 5.73 Å². The maximum absolute atomic E-state index is 6.11. The van der Waals surface area contributed by atoms with Crippen LogP contribution in [0.4, 0.5) is 0 Å². The highest BCUT2D eigenvalue weighted by molar-refractivity contribution is 5.30. The average Bonchev–Trinajstić information content (AvgIpc) is 2.16. The summed E-state index contributed by atoms with van der Waals surface area (Å²) >= 11 is 0. The van der Waals surface area contributed by atoms with Crippen molar-refractivity contribution in [3.05, 3.63) is 34.9 Å². The highest BCUT2D eigenvalue weighted by Gasteiger charge is 2.05. The lowest BCUT2D eigenvalue weighted by atomic mass is 9.99.